The summed E-state index contributed by atoms with van der Waals surface area (Å²) in [5, 5.41) is 3.47. The lowest BCUT2D eigenvalue weighted by Gasteiger charge is -2.18. The lowest BCUT2D eigenvalue weighted by atomic mass is 10.0. The van der Waals surface area contributed by atoms with Gasteiger partial charge in [0.1, 0.15) is 5.82 Å². The molecule has 1 unspecified atom stereocenters. The molecule has 1 N–H and O–H groups in total. The molecule has 0 aliphatic carbocycles. The van der Waals surface area contributed by atoms with Gasteiger partial charge in [0, 0.05) is 19.6 Å². The van der Waals surface area contributed by atoms with Gasteiger partial charge in [0.05, 0.1) is 5.69 Å². The number of nitrogens with one attached hydrogen (secondary N) is 1. The summed E-state index contributed by atoms with van der Waals surface area (Å²) in [4.78, 5) is 7.26. The summed E-state index contributed by atoms with van der Waals surface area (Å²) in [5.41, 5.74) is 1.15. The van der Waals surface area contributed by atoms with E-state index in [-0.39, 0.29) is 0 Å². The maximum Gasteiger partial charge on any atom is 0.128 e. The SMILES string of the molecule is CCCC1CCN(c2cccc(CNCC(C)C)n2)C1. The second-order valence-corrected chi connectivity index (χ2v) is 6.40. The van der Waals surface area contributed by atoms with E-state index in [9.17, 15) is 0 Å². The molecule has 1 aliphatic heterocycles. The second kappa shape index (κ2) is 7.63. The van der Waals surface area contributed by atoms with Gasteiger partial charge in [-0.1, -0.05) is 33.3 Å². The van der Waals surface area contributed by atoms with Gasteiger partial charge in [-0.2, -0.15) is 0 Å². The molecule has 1 aromatic heterocycles. The van der Waals surface area contributed by atoms with E-state index in [0.717, 1.165) is 30.5 Å². The van der Waals surface area contributed by atoms with Gasteiger partial charge in [-0.25, -0.2) is 4.98 Å². The average molecular weight is 275 g/mol. The highest BCUT2D eigenvalue weighted by Crippen LogP contribution is 2.25. The third-order valence-electron chi connectivity index (χ3n) is 3.96. The van der Waals surface area contributed by atoms with Crippen molar-refractivity contribution < 1.29 is 0 Å². The highest BCUT2D eigenvalue weighted by Gasteiger charge is 2.22. The van der Waals surface area contributed by atoms with Crippen molar-refractivity contribution >= 4 is 5.82 Å². The number of nitrogens with zero attached hydrogens (tertiary/aromatic N) is 2. The van der Waals surface area contributed by atoms with E-state index in [1.807, 2.05) is 0 Å². The predicted octanol–water partition coefficient (Wildman–Crippen LogP) is 3.45. The molecule has 1 atom stereocenters. The molecule has 3 heteroatoms. The van der Waals surface area contributed by atoms with Crippen molar-refractivity contribution in [2.45, 2.75) is 46.6 Å². The molecule has 2 heterocycles. The van der Waals surface area contributed by atoms with Crippen molar-refractivity contribution in [2.75, 3.05) is 24.5 Å². The maximum absolute atomic E-state index is 4.81. The summed E-state index contributed by atoms with van der Waals surface area (Å²) in [7, 11) is 0. The van der Waals surface area contributed by atoms with Gasteiger partial charge >= 0.3 is 0 Å². The number of aromatic nitrogens is 1. The number of rotatable bonds is 7. The molecule has 1 fully saturated rings. The average Bonchev–Trinajstić information content (AvgIpc) is 2.88. The zero-order chi connectivity index (χ0) is 14.4. The Morgan fingerprint density at radius 1 is 1.40 bits per heavy atom. The van der Waals surface area contributed by atoms with Crippen LogP contribution in [0.25, 0.3) is 0 Å². The van der Waals surface area contributed by atoms with Gasteiger partial charge in [-0.15, -0.1) is 0 Å². The minimum absolute atomic E-state index is 0.687. The zero-order valence-corrected chi connectivity index (χ0v) is 13.2. The van der Waals surface area contributed by atoms with Crippen LogP contribution in [0.2, 0.25) is 0 Å². The second-order valence-electron chi connectivity index (χ2n) is 6.40. The maximum atomic E-state index is 4.81. The molecule has 3 nitrogen and oxygen atoms in total. The minimum atomic E-state index is 0.687. The Morgan fingerprint density at radius 3 is 3.00 bits per heavy atom. The van der Waals surface area contributed by atoms with E-state index in [1.165, 1.54) is 32.4 Å². The Balaban J connectivity index is 1.89. The first-order chi connectivity index (χ1) is 9.69. The Kier molecular flexibility index (Phi) is 5.84. The molecule has 1 aromatic rings. The molecule has 0 radical (unpaired) electrons. The number of anilines is 1. The highest BCUT2D eigenvalue weighted by molar-refractivity contribution is 5.40. The first kappa shape index (κ1) is 15.3. The fraction of sp³-hybridized carbons (Fsp3) is 0.706. The van der Waals surface area contributed by atoms with Crippen LogP contribution in [0.4, 0.5) is 5.82 Å². The van der Waals surface area contributed by atoms with Gasteiger partial charge in [0.15, 0.2) is 0 Å². The fourth-order valence-electron chi connectivity index (χ4n) is 2.92. The van der Waals surface area contributed by atoms with Crippen molar-refractivity contribution in [1.82, 2.24) is 10.3 Å². The molecule has 20 heavy (non-hydrogen) atoms. The van der Waals surface area contributed by atoms with E-state index >= 15 is 0 Å². The van der Waals surface area contributed by atoms with Crippen LogP contribution < -0.4 is 10.2 Å². The molecule has 0 amide bonds. The molecule has 112 valence electrons. The van der Waals surface area contributed by atoms with E-state index in [1.54, 1.807) is 0 Å². The topological polar surface area (TPSA) is 28.2 Å². The zero-order valence-electron chi connectivity index (χ0n) is 13.2. The van der Waals surface area contributed by atoms with Crippen LogP contribution in [0.3, 0.4) is 0 Å². The fourth-order valence-corrected chi connectivity index (χ4v) is 2.92. The normalized spacial score (nSPS) is 19.0. The Bertz CT molecular complexity index is 403. The largest absolute Gasteiger partial charge is 0.356 e. The summed E-state index contributed by atoms with van der Waals surface area (Å²) in [6.07, 6.45) is 3.97. The summed E-state index contributed by atoms with van der Waals surface area (Å²) in [6, 6.07) is 6.42. The van der Waals surface area contributed by atoms with Gasteiger partial charge in [-0.05, 0) is 43.4 Å². The van der Waals surface area contributed by atoms with Crippen LogP contribution >= 0.6 is 0 Å². The van der Waals surface area contributed by atoms with E-state index in [2.05, 4.69) is 49.2 Å². The van der Waals surface area contributed by atoms with Crippen LogP contribution in [0.15, 0.2) is 18.2 Å². The molecule has 1 aliphatic rings. The molecule has 1 saturated heterocycles. The number of hydrogen-bond donors (Lipinski definition) is 1. The van der Waals surface area contributed by atoms with Gasteiger partial charge in [0.25, 0.3) is 0 Å². The summed E-state index contributed by atoms with van der Waals surface area (Å²) < 4.78 is 0. The van der Waals surface area contributed by atoms with Crippen molar-refractivity contribution in [3.8, 4) is 0 Å². The lowest BCUT2D eigenvalue weighted by molar-refractivity contribution is 0.529. The van der Waals surface area contributed by atoms with Crippen LogP contribution in [-0.2, 0) is 6.54 Å². The Morgan fingerprint density at radius 2 is 2.25 bits per heavy atom. The molecule has 0 aromatic carbocycles. The summed E-state index contributed by atoms with van der Waals surface area (Å²) >= 11 is 0. The van der Waals surface area contributed by atoms with Crippen molar-refractivity contribution in [3.05, 3.63) is 23.9 Å². The van der Waals surface area contributed by atoms with Crippen molar-refractivity contribution in [3.63, 3.8) is 0 Å². The quantitative estimate of drug-likeness (QED) is 0.826. The van der Waals surface area contributed by atoms with Crippen LogP contribution in [0.5, 0.6) is 0 Å². The standard InChI is InChI=1S/C17H29N3/c1-4-6-15-9-10-20(13-15)17-8-5-7-16(19-17)12-18-11-14(2)3/h5,7-8,14-15,18H,4,6,9-13H2,1-3H3. The summed E-state index contributed by atoms with van der Waals surface area (Å²) in [5.74, 6) is 2.71. The smallest absolute Gasteiger partial charge is 0.128 e. The van der Waals surface area contributed by atoms with Gasteiger partial charge < -0.3 is 10.2 Å². The third-order valence-corrected chi connectivity index (χ3v) is 3.96. The van der Waals surface area contributed by atoms with Crippen LogP contribution in [-0.4, -0.2) is 24.6 Å². The van der Waals surface area contributed by atoms with E-state index in [4.69, 9.17) is 4.98 Å². The lowest BCUT2D eigenvalue weighted by Crippen LogP contribution is -2.23. The van der Waals surface area contributed by atoms with Gasteiger partial charge in [0.2, 0.25) is 0 Å². The third kappa shape index (κ3) is 4.48. The van der Waals surface area contributed by atoms with Crippen LogP contribution in [0, 0.1) is 11.8 Å². The van der Waals surface area contributed by atoms with E-state index < -0.39 is 0 Å². The predicted molar refractivity (Wildman–Crippen MR) is 86.0 cm³/mol. The summed E-state index contributed by atoms with van der Waals surface area (Å²) in [6.45, 7) is 11.0. The van der Waals surface area contributed by atoms with Gasteiger partial charge in [-0.3, -0.25) is 0 Å². The molecule has 0 bridgehead atoms. The monoisotopic (exact) mass is 275 g/mol. The Hall–Kier alpha value is -1.09. The Labute approximate surface area is 123 Å². The first-order valence-electron chi connectivity index (χ1n) is 8.10. The molecule has 2 rings (SSSR count). The molecule has 0 saturated carbocycles. The van der Waals surface area contributed by atoms with Crippen LogP contribution in [0.1, 0.15) is 45.7 Å². The molecular weight excluding hydrogens is 246 g/mol. The molecule has 0 spiro atoms. The first-order valence-corrected chi connectivity index (χ1v) is 8.10. The highest BCUT2D eigenvalue weighted by atomic mass is 15.2. The van der Waals surface area contributed by atoms with Crippen molar-refractivity contribution in [1.29, 1.82) is 0 Å². The van der Waals surface area contributed by atoms with E-state index in [0.29, 0.717) is 5.92 Å². The molecular formula is C17H29N3. The number of pyridine rings is 1. The number of hydrogen-bond acceptors (Lipinski definition) is 3. The minimum Gasteiger partial charge on any atom is -0.356 e. The van der Waals surface area contributed by atoms with Crippen molar-refractivity contribution in [2.24, 2.45) is 11.8 Å².